The number of benzene rings is 2. The molecule has 0 fully saturated rings. The molecular formula is C15H11F3O2. The van der Waals surface area contributed by atoms with Crippen molar-refractivity contribution in [3.05, 3.63) is 53.3 Å². The Balaban J connectivity index is 2.63. The lowest BCUT2D eigenvalue weighted by Crippen LogP contribution is -1.97. The summed E-state index contributed by atoms with van der Waals surface area (Å²) in [5.74, 6) is -3.75. The standard InChI is InChI=1S/C15H11F3O2/c1-2-20-14-4-3-9(8-19)5-11(14)10-6-12(16)15(18)13(17)7-10/h3-8H,2H2,1H3. The summed E-state index contributed by atoms with van der Waals surface area (Å²) in [4.78, 5) is 10.8. The van der Waals surface area contributed by atoms with Crippen LogP contribution in [-0.4, -0.2) is 12.9 Å². The lowest BCUT2D eigenvalue weighted by molar-refractivity contribution is 0.112. The van der Waals surface area contributed by atoms with E-state index in [1.165, 1.54) is 18.2 Å². The monoisotopic (exact) mass is 280 g/mol. The molecule has 2 aromatic rings. The van der Waals surface area contributed by atoms with Gasteiger partial charge in [0.1, 0.15) is 12.0 Å². The van der Waals surface area contributed by atoms with E-state index in [-0.39, 0.29) is 5.56 Å². The molecule has 0 aromatic heterocycles. The van der Waals surface area contributed by atoms with Crippen LogP contribution in [0.2, 0.25) is 0 Å². The molecule has 0 atom stereocenters. The predicted molar refractivity (Wildman–Crippen MR) is 68.3 cm³/mol. The van der Waals surface area contributed by atoms with Gasteiger partial charge in [0.05, 0.1) is 6.61 Å². The van der Waals surface area contributed by atoms with E-state index in [0.717, 1.165) is 12.1 Å². The molecule has 5 heteroatoms. The molecule has 0 aliphatic rings. The number of carbonyl (C=O) groups is 1. The molecule has 20 heavy (non-hydrogen) atoms. The van der Waals surface area contributed by atoms with Crippen molar-refractivity contribution < 1.29 is 22.7 Å². The fraction of sp³-hybridized carbons (Fsp3) is 0.133. The van der Waals surface area contributed by atoms with Crippen LogP contribution in [0.25, 0.3) is 11.1 Å². The first-order chi connectivity index (χ1) is 9.56. The van der Waals surface area contributed by atoms with Crippen LogP contribution < -0.4 is 4.74 Å². The zero-order valence-electron chi connectivity index (χ0n) is 10.6. The highest BCUT2D eigenvalue weighted by Crippen LogP contribution is 2.32. The summed E-state index contributed by atoms with van der Waals surface area (Å²) in [7, 11) is 0. The van der Waals surface area contributed by atoms with E-state index < -0.39 is 17.5 Å². The number of hydrogen-bond donors (Lipinski definition) is 0. The third kappa shape index (κ3) is 2.66. The Kier molecular flexibility index (Phi) is 4.08. The first-order valence-corrected chi connectivity index (χ1v) is 5.93. The Morgan fingerprint density at radius 3 is 2.30 bits per heavy atom. The van der Waals surface area contributed by atoms with Gasteiger partial charge in [-0.2, -0.15) is 0 Å². The van der Waals surface area contributed by atoms with E-state index in [1.807, 2.05) is 0 Å². The van der Waals surface area contributed by atoms with Gasteiger partial charge in [0.2, 0.25) is 0 Å². The maximum absolute atomic E-state index is 13.3. The second-order valence-electron chi connectivity index (χ2n) is 4.06. The average Bonchev–Trinajstić information content (AvgIpc) is 2.45. The van der Waals surface area contributed by atoms with Gasteiger partial charge in [0, 0.05) is 11.1 Å². The van der Waals surface area contributed by atoms with Crippen LogP contribution >= 0.6 is 0 Å². The molecule has 0 bridgehead atoms. The summed E-state index contributed by atoms with van der Waals surface area (Å²) < 4.78 is 44.9. The van der Waals surface area contributed by atoms with Gasteiger partial charge in [-0.3, -0.25) is 4.79 Å². The third-order valence-electron chi connectivity index (χ3n) is 2.73. The minimum atomic E-state index is -1.53. The normalized spacial score (nSPS) is 10.4. The van der Waals surface area contributed by atoms with E-state index in [4.69, 9.17) is 4.74 Å². The van der Waals surface area contributed by atoms with Gasteiger partial charge in [-0.15, -0.1) is 0 Å². The van der Waals surface area contributed by atoms with Crippen molar-refractivity contribution in [2.75, 3.05) is 6.61 Å². The summed E-state index contributed by atoms with van der Waals surface area (Å²) in [6.45, 7) is 2.10. The second-order valence-corrected chi connectivity index (χ2v) is 4.06. The van der Waals surface area contributed by atoms with Crippen molar-refractivity contribution in [3.63, 3.8) is 0 Å². The van der Waals surface area contributed by atoms with E-state index in [2.05, 4.69) is 0 Å². The smallest absolute Gasteiger partial charge is 0.194 e. The Labute approximate surface area is 113 Å². The number of hydrogen-bond acceptors (Lipinski definition) is 2. The van der Waals surface area contributed by atoms with Crippen LogP contribution in [0.5, 0.6) is 5.75 Å². The van der Waals surface area contributed by atoms with Crippen LogP contribution in [0.4, 0.5) is 13.2 Å². The molecule has 0 saturated heterocycles. The van der Waals surface area contributed by atoms with Gasteiger partial charge < -0.3 is 4.74 Å². The van der Waals surface area contributed by atoms with Crippen LogP contribution in [0, 0.1) is 17.5 Å². The summed E-state index contributed by atoms with van der Waals surface area (Å²) in [5.41, 5.74) is 0.761. The van der Waals surface area contributed by atoms with Gasteiger partial charge in [0.15, 0.2) is 17.5 Å². The molecule has 0 radical (unpaired) electrons. The minimum Gasteiger partial charge on any atom is -0.493 e. The molecule has 0 aliphatic heterocycles. The van der Waals surface area contributed by atoms with Gasteiger partial charge in [-0.05, 0) is 42.8 Å². The fourth-order valence-electron chi connectivity index (χ4n) is 1.84. The molecule has 0 saturated carbocycles. The van der Waals surface area contributed by atoms with E-state index in [1.54, 1.807) is 6.92 Å². The maximum atomic E-state index is 13.3. The molecule has 0 aliphatic carbocycles. The van der Waals surface area contributed by atoms with Gasteiger partial charge >= 0.3 is 0 Å². The highest BCUT2D eigenvalue weighted by molar-refractivity contribution is 5.81. The molecule has 0 amide bonds. The molecule has 0 unspecified atom stereocenters. The Morgan fingerprint density at radius 2 is 1.75 bits per heavy atom. The molecule has 2 aromatic carbocycles. The summed E-state index contributed by atoms with van der Waals surface area (Å²) in [6.07, 6.45) is 0.607. The van der Waals surface area contributed by atoms with Gasteiger partial charge in [-0.25, -0.2) is 13.2 Å². The minimum absolute atomic E-state index is 0.105. The molecule has 2 nitrogen and oxygen atoms in total. The van der Waals surface area contributed by atoms with E-state index >= 15 is 0 Å². The van der Waals surface area contributed by atoms with Crippen molar-refractivity contribution in [2.45, 2.75) is 6.92 Å². The topological polar surface area (TPSA) is 26.3 Å². The van der Waals surface area contributed by atoms with E-state index in [0.29, 0.717) is 29.8 Å². The van der Waals surface area contributed by atoms with E-state index in [9.17, 15) is 18.0 Å². The SMILES string of the molecule is CCOc1ccc(C=O)cc1-c1cc(F)c(F)c(F)c1. The molecule has 104 valence electrons. The Bertz CT molecular complexity index is 631. The first-order valence-electron chi connectivity index (χ1n) is 5.93. The highest BCUT2D eigenvalue weighted by Gasteiger charge is 2.14. The second kappa shape index (κ2) is 5.77. The first kappa shape index (κ1) is 14.1. The lowest BCUT2D eigenvalue weighted by Gasteiger charge is -2.11. The fourth-order valence-corrected chi connectivity index (χ4v) is 1.84. The summed E-state index contributed by atoms with van der Waals surface area (Å²) >= 11 is 0. The number of rotatable bonds is 4. The quantitative estimate of drug-likeness (QED) is 0.625. The molecule has 0 spiro atoms. The number of ether oxygens (including phenoxy) is 1. The zero-order valence-corrected chi connectivity index (χ0v) is 10.6. The number of aldehydes is 1. The number of carbonyl (C=O) groups excluding carboxylic acids is 1. The van der Waals surface area contributed by atoms with Crippen molar-refractivity contribution in [3.8, 4) is 16.9 Å². The van der Waals surface area contributed by atoms with Crippen molar-refractivity contribution in [1.82, 2.24) is 0 Å². The van der Waals surface area contributed by atoms with Crippen LogP contribution in [-0.2, 0) is 0 Å². The largest absolute Gasteiger partial charge is 0.493 e. The summed E-state index contributed by atoms with van der Waals surface area (Å²) in [6, 6.07) is 6.22. The average molecular weight is 280 g/mol. The predicted octanol–water partition coefficient (Wildman–Crippen LogP) is 3.98. The maximum Gasteiger partial charge on any atom is 0.194 e. The van der Waals surface area contributed by atoms with Gasteiger partial charge in [0.25, 0.3) is 0 Å². The zero-order chi connectivity index (χ0) is 14.7. The Morgan fingerprint density at radius 1 is 1.10 bits per heavy atom. The van der Waals surface area contributed by atoms with Crippen LogP contribution in [0.1, 0.15) is 17.3 Å². The van der Waals surface area contributed by atoms with Crippen LogP contribution in [0.15, 0.2) is 30.3 Å². The van der Waals surface area contributed by atoms with Crippen molar-refractivity contribution >= 4 is 6.29 Å². The highest BCUT2D eigenvalue weighted by atomic mass is 19.2. The molecule has 0 N–H and O–H groups in total. The van der Waals surface area contributed by atoms with Crippen molar-refractivity contribution in [2.24, 2.45) is 0 Å². The molecular weight excluding hydrogens is 269 g/mol. The van der Waals surface area contributed by atoms with Crippen molar-refractivity contribution in [1.29, 1.82) is 0 Å². The third-order valence-corrected chi connectivity index (χ3v) is 2.73. The Hall–Kier alpha value is -2.30. The molecule has 0 heterocycles. The molecule has 2 rings (SSSR count). The van der Waals surface area contributed by atoms with Crippen LogP contribution in [0.3, 0.4) is 0 Å². The van der Waals surface area contributed by atoms with Gasteiger partial charge in [-0.1, -0.05) is 0 Å². The lowest BCUT2D eigenvalue weighted by atomic mass is 10.0. The summed E-state index contributed by atoms with van der Waals surface area (Å²) in [5, 5.41) is 0. The number of halogens is 3.